The third kappa shape index (κ3) is 2.42. The van der Waals surface area contributed by atoms with Gasteiger partial charge in [-0.25, -0.2) is 4.79 Å². The zero-order valence-electron chi connectivity index (χ0n) is 8.17. The van der Waals surface area contributed by atoms with Crippen molar-refractivity contribution in [2.75, 3.05) is 6.61 Å². The summed E-state index contributed by atoms with van der Waals surface area (Å²) in [5, 5.41) is 8.77. The number of carbonyl (C=O) groups is 1. The van der Waals surface area contributed by atoms with Crippen LogP contribution in [0.4, 0.5) is 0 Å². The van der Waals surface area contributed by atoms with Gasteiger partial charge in [-0.05, 0) is 19.1 Å². The highest BCUT2D eigenvalue weighted by Gasteiger charge is 2.25. The van der Waals surface area contributed by atoms with Gasteiger partial charge in [-0.3, -0.25) is 0 Å². The SMILES string of the molecule is CCOc1ccccc1C(=[N+]=[N-])C(=O)O. The first-order chi connectivity index (χ1) is 7.20. The highest BCUT2D eigenvalue weighted by molar-refractivity contribution is 6.40. The molecule has 1 aromatic carbocycles. The number of benzene rings is 1. The monoisotopic (exact) mass is 206 g/mol. The largest absolute Gasteiger partial charge is 0.493 e. The van der Waals surface area contributed by atoms with Crippen LogP contribution in [0.25, 0.3) is 5.53 Å². The average Bonchev–Trinajstić information content (AvgIpc) is 2.21. The summed E-state index contributed by atoms with van der Waals surface area (Å²) >= 11 is 0. The minimum absolute atomic E-state index is 0.259. The van der Waals surface area contributed by atoms with Crippen molar-refractivity contribution in [1.82, 2.24) is 0 Å². The molecule has 5 nitrogen and oxygen atoms in total. The summed E-state index contributed by atoms with van der Waals surface area (Å²) in [5.41, 5.74) is 8.42. The Morgan fingerprint density at radius 3 is 2.73 bits per heavy atom. The fraction of sp³-hybridized carbons (Fsp3) is 0.200. The van der Waals surface area contributed by atoms with Crippen LogP contribution in [0.3, 0.4) is 0 Å². The number of carboxylic acids is 1. The van der Waals surface area contributed by atoms with E-state index in [1.54, 1.807) is 25.1 Å². The lowest BCUT2D eigenvalue weighted by molar-refractivity contribution is -0.133. The fourth-order valence-corrected chi connectivity index (χ4v) is 1.16. The van der Waals surface area contributed by atoms with Crippen molar-refractivity contribution in [2.45, 2.75) is 6.92 Å². The lowest BCUT2D eigenvalue weighted by atomic mass is 10.1. The molecule has 1 rings (SSSR count). The predicted octanol–water partition coefficient (Wildman–Crippen LogP) is 1.19. The number of para-hydroxylation sites is 1. The van der Waals surface area contributed by atoms with E-state index in [9.17, 15) is 4.79 Å². The smallest absolute Gasteiger partial charge is 0.420 e. The third-order valence-corrected chi connectivity index (χ3v) is 1.74. The van der Waals surface area contributed by atoms with Gasteiger partial charge in [-0.1, -0.05) is 12.1 Å². The Hall–Kier alpha value is -2.13. The van der Waals surface area contributed by atoms with Gasteiger partial charge < -0.3 is 15.4 Å². The number of rotatable bonds is 4. The molecule has 0 atom stereocenters. The first-order valence-electron chi connectivity index (χ1n) is 4.38. The summed E-state index contributed by atoms with van der Waals surface area (Å²) < 4.78 is 5.21. The number of nitrogens with zero attached hydrogens (tertiary/aromatic N) is 2. The Morgan fingerprint density at radius 2 is 2.20 bits per heavy atom. The molecule has 5 heteroatoms. The molecule has 0 aliphatic rings. The van der Waals surface area contributed by atoms with Crippen LogP contribution in [-0.2, 0) is 4.79 Å². The molecule has 0 heterocycles. The molecule has 0 aliphatic carbocycles. The van der Waals surface area contributed by atoms with Gasteiger partial charge >= 0.3 is 11.7 Å². The minimum atomic E-state index is -1.30. The molecule has 0 amide bonds. The summed E-state index contributed by atoms with van der Waals surface area (Å²) in [7, 11) is 0. The average molecular weight is 206 g/mol. The molecule has 78 valence electrons. The van der Waals surface area contributed by atoms with Gasteiger partial charge in [-0.2, -0.15) is 4.79 Å². The van der Waals surface area contributed by atoms with Gasteiger partial charge in [0.25, 0.3) is 0 Å². The van der Waals surface area contributed by atoms with E-state index >= 15 is 0 Å². The van der Waals surface area contributed by atoms with Crippen molar-refractivity contribution in [3.05, 3.63) is 35.4 Å². The first-order valence-corrected chi connectivity index (χ1v) is 4.38. The minimum Gasteiger partial charge on any atom is -0.493 e. The molecule has 0 saturated heterocycles. The summed E-state index contributed by atoms with van der Waals surface area (Å²) in [6.07, 6.45) is 0. The van der Waals surface area contributed by atoms with Gasteiger partial charge in [0.15, 0.2) is 0 Å². The maximum atomic E-state index is 10.7. The molecule has 0 unspecified atom stereocenters. The van der Waals surface area contributed by atoms with Gasteiger partial charge in [0.1, 0.15) is 11.3 Å². The second-order valence-electron chi connectivity index (χ2n) is 2.68. The Labute approximate surface area is 86.5 Å². The van der Waals surface area contributed by atoms with E-state index in [0.29, 0.717) is 12.4 Å². The molecular formula is C10H10N2O3. The van der Waals surface area contributed by atoms with Crippen molar-refractivity contribution in [1.29, 1.82) is 0 Å². The van der Waals surface area contributed by atoms with Crippen LogP contribution in [0.2, 0.25) is 0 Å². The molecule has 0 saturated carbocycles. The maximum Gasteiger partial charge on any atom is 0.420 e. The number of hydrogen-bond donors (Lipinski definition) is 1. The second kappa shape index (κ2) is 4.93. The summed E-state index contributed by atoms with van der Waals surface area (Å²) in [6, 6.07) is 6.50. The van der Waals surface area contributed by atoms with Crippen molar-refractivity contribution in [3.63, 3.8) is 0 Å². The molecule has 1 N–H and O–H groups in total. The van der Waals surface area contributed by atoms with Crippen LogP contribution in [0.15, 0.2) is 24.3 Å². The standard InChI is InChI=1S/C10H10N2O3/c1-2-15-8-6-4-3-5-7(8)9(12-11)10(13)14/h3-6H,2H2,1H3,(H,13,14). The zero-order chi connectivity index (χ0) is 11.3. The third-order valence-electron chi connectivity index (χ3n) is 1.74. The molecule has 15 heavy (non-hydrogen) atoms. The molecule has 0 aliphatic heterocycles. The predicted molar refractivity (Wildman–Crippen MR) is 53.0 cm³/mol. The summed E-state index contributed by atoms with van der Waals surface area (Å²) in [4.78, 5) is 13.5. The molecule has 0 spiro atoms. The van der Waals surface area contributed by atoms with Crippen molar-refractivity contribution >= 4 is 11.7 Å². The second-order valence-corrected chi connectivity index (χ2v) is 2.68. The highest BCUT2D eigenvalue weighted by Crippen LogP contribution is 2.18. The van der Waals surface area contributed by atoms with Crippen LogP contribution >= 0.6 is 0 Å². The lowest BCUT2D eigenvalue weighted by Crippen LogP contribution is -2.16. The molecule has 1 aromatic rings. The zero-order valence-corrected chi connectivity index (χ0v) is 8.17. The first kappa shape index (κ1) is 10.9. The van der Waals surface area contributed by atoms with E-state index in [1.807, 2.05) is 0 Å². The Bertz CT molecular complexity index is 422. The van der Waals surface area contributed by atoms with E-state index < -0.39 is 11.7 Å². The van der Waals surface area contributed by atoms with Crippen molar-refractivity contribution in [3.8, 4) is 5.75 Å². The van der Waals surface area contributed by atoms with Crippen LogP contribution in [0.5, 0.6) is 5.75 Å². The number of carboxylic acid groups (broad SMARTS) is 1. The Kier molecular flexibility index (Phi) is 3.60. The van der Waals surface area contributed by atoms with Crippen LogP contribution in [-0.4, -0.2) is 28.2 Å². The van der Waals surface area contributed by atoms with Gasteiger partial charge in [0, 0.05) is 0 Å². The van der Waals surface area contributed by atoms with E-state index in [1.165, 1.54) is 6.07 Å². The van der Waals surface area contributed by atoms with Crippen LogP contribution in [0, 0.1) is 0 Å². The summed E-state index contributed by atoms with van der Waals surface area (Å²) in [5.74, 6) is -0.917. The van der Waals surface area contributed by atoms with Gasteiger partial charge in [0.2, 0.25) is 0 Å². The van der Waals surface area contributed by atoms with Crippen LogP contribution in [0.1, 0.15) is 12.5 Å². The number of hydrogen-bond acceptors (Lipinski definition) is 2. The normalized spacial score (nSPS) is 9.13. The molecule has 0 fully saturated rings. The quantitative estimate of drug-likeness (QED) is 0.456. The summed E-state index contributed by atoms with van der Waals surface area (Å²) in [6.45, 7) is 2.20. The Balaban J connectivity index is 3.23. The van der Waals surface area contributed by atoms with Crippen LogP contribution < -0.4 is 4.74 Å². The number of aliphatic carboxylic acids is 1. The Morgan fingerprint density at radius 1 is 1.53 bits per heavy atom. The van der Waals surface area contributed by atoms with E-state index in [2.05, 4.69) is 4.79 Å². The lowest BCUT2D eigenvalue weighted by Gasteiger charge is -2.04. The number of ether oxygens (including phenoxy) is 1. The maximum absolute atomic E-state index is 10.7. The van der Waals surface area contributed by atoms with E-state index in [4.69, 9.17) is 15.4 Å². The molecule has 0 bridgehead atoms. The van der Waals surface area contributed by atoms with Gasteiger partial charge in [-0.15, -0.1) is 0 Å². The fourth-order valence-electron chi connectivity index (χ4n) is 1.16. The molecule has 0 radical (unpaired) electrons. The van der Waals surface area contributed by atoms with Gasteiger partial charge in [0.05, 0.1) is 6.61 Å². The molecular weight excluding hydrogens is 196 g/mol. The van der Waals surface area contributed by atoms with E-state index in [0.717, 1.165) is 0 Å². The highest BCUT2D eigenvalue weighted by atomic mass is 16.5. The molecule has 0 aromatic heterocycles. The van der Waals surface area contributed by atoms with Crippen molar-refractivity contribution in [2.24, 2.45) is 0 Å². The van der Waals surface area contributed by atoms with Crippen molar-refractivity contribution < 1.29 is 19.4 Å². The van der Waals surface area contributed by atoms with E-state index in [-0.39, 0.29) is 5.56 Å². The topological polar surface area (TPSA) is 82.9 Å².